The summed E-state index contributed by atoms with van der Waals surface area (Å²) in [5, 5.41) is 3.53. The number of nitrogens with one attached hydrogen (secondary N) is 1. The molecule has 0 atom stereocenters. The lowest BCUT2D eigenvalue weighted by molar-refractivity contribution is 0.334. The van der Waals surface area contributed by atoms with Crippen LogP contribution in [0.15, 0.2) is 39.3 Å². The van der Waals surface area contributed by atoms with Gasteiger partial charge < -0.3 is 10.1 Å². The highest BCUT2D eigenvalue weighted by Crippen LogP contribution is 2.33. The van der Waals surface area contributed by atoms with Crippen molar-refractivity contribution in [2.75, 3.05) is 11.9 Å². The Hall–Kier alpha value is -0.780. The molecule has 2 aromatic rings. The molecule has 0 aliphatic rings. The van der Waals surface area contributed by atoms with E-state index in [-0.39, 0.29) is 5.82 Å². The van der Waals surface area contributed by atoms with E-state index >= 15 is 0 Å². The highest BCUT2D eigenvalue weighted by molar-refractivity contribution is 9.11. The topological polar surface area (TPSA) is 21.3 Å². The van der Waals surface area contributed by atoms with Crippen LogP contribution < -0.4 is 10.1 Å². The Bertz CT molecular complexity index is 652. The minimum absolute atomic E-state index is 0.341. The molecule has 0 aromatic heterocycles. The third-order valence-electron chi connectivity index (χ3n) is 2.77. The number of anilines is 1. The van der Waals surface area contributed by atoms with Crippen molar-refractivity contribution in [3.63, 3.8) is 0 Å². The van der Waals surface area contributed by atoms with Gasteiger partial charge in [-0.1, -0.05) is 27.5 Å². The zero-order valence-electron chi connectivity index (χ0n) is 11.2. The van der Waals surface area contributed by atoms with Gasteiger partial charge in [0.2, 0.25) is 0 Å². The van der Waals surface area contributed by atoms with Crippen LogP contribution in [-0.4, -0.2) is 6.61 Å². The highest BCUT2D eigenvalue weighted by atomic mass is 79.9. The molecule has 112 valence electrons. The molecule has 2 aromatic carbocycles. The number of benzene rings is 2. The second-order valence-electron chi connectivity index (χ2n) is 4.29. The minimum Gasteiger partial charge on any atom is -0.492 e. The molecule has 0 fully saturated rings. The molecule has 6 heteroatoms. The van der Waals surface area contributed by atoms with Gasteiger partial charge in [0.05, 0.1) is 16.8 Å². The van der Waals surface area contributed by atoms with Crippen molar-refractivity contribution in [2.24, 2.45) is 0 Å². The van der Waals surface area contributed by atoms with Gasteiger partial charge in [-0.15, -0.1) is 0 Å². The molecule has 21 heavy (non-hydrogen) atoms. The molecule has 2 nitrogen and oxygen atoms in total. The van der Waals surface area contributed by atoms with E-state index in [9.17, 15) is 4.39 Å². The van der Waals surface area contributed by atoms with Gasteiger partial charge in [0.15, 0.2) is 0 Å². The predicted octanol–water partition coefficient (Wildman–Crippen LogP) is 6.01. The van der Waals surface area contributed by atoms with Crippen LogP contribution in [0.2, 0.25) is 5.02 Å². The molecule has 0 aliphatic carbocycles. The van der Waals surface area contributed by atoms with Crippen LogP contribution in [0.3, 0.4) is 0 Å². The molecule has 0 bridgehead atoms. The maximum atomic E-state index is 13.7. The van der Waals surface area contributed by atoms with Gasteiger partial charge in [-0.2, -0.15) is 0 Å². The van der Waals surface area contributed by atoms with Crippen LogP contribution in [0.1, 0.15) is 12.5 Å². The third-order valence-corrected chi connectivity index (χ3v) is 4.05. The molecule has 0 saturated carbocycles. The highest BCUT2D eigenvalue weighted by Gasteiger charge is 2.11. The van der Waals surface area contributed by atoms with Crippen LogP contribution in [0.25, 0.3) is 0 Å². The second-order valence-corrected chi connectivity index (χ2v) is 6.49. The van der Waals surface area contributed by atoms with E-state index in [0.717, 1.165) is 20.3 Å². The van der Waals surface area contributed by atoms with Gasteiger partial charge in [0.25, 0.3) is 0 Å². The van der Waals surface area contributed by atoms with Crippen molar-refractivity contribution < 1.29 is 9.13 Å². The molecule has 0 amide bonds. The fraction of sp³-hybridized carbons (Fsp3) is 0.200. The summed E-state index contributed by atoms with van der Waals surface area (Å²) in [5.74, 6) is 0.405. The van der Waals surface area contributed by atoms with Crippen molar-refractivity contribution in [1.82, 2.24) is 0 Å². The molecule has 0 aliphatic heterocycles. The van der Waals surface area contributed by atoms with E-state index in [1.807, 2.05) is 19.1 Å². The Labute approximate surface area is 144 Å². The Morgan fingerprint density at radius 1 is 1.24 bits per heavy atom. The van der Waals surface area contributed by atoms with E-state index in [4.69, 9.17) is 16.3 Å². The largest absolute Gasteiger partial charge is 0.492 e. The Balaban J connectivity index is 2.25. The Morgan fingerprint density at radius 3 is 2.71 bits per heavy atom. The van der Waals surface area contributed by atoms with Gasteiger partial charge in [0, 0.05) is 21.6 Å². The van der Waals surface area contributed by atoms with Crippen molar-refractivity contribution in [3.05, 3.63) is 55.7 Å². The number of ether oxygens (including phenoxy) is 1. The van der Waals surface area contributed by atoms with E-state index in [1.165, 1.54) is 12.1 Å². The zero-order chi connectivity index (χ0) is 15.4. The molecule has 1 N–H and O–H groups in total. The molecular formula is C15H13Br2ClFNO. The fourth-order valence-corrected chi connectivity index (χ4v) is 3.47. The number of hydrogen-bond donors (Lipinski definition) is 1. The van der Waals surface area contributed by atoms with Gasteiger partial charge in [0.1, 0.15) is 11.6 Å². The first-order valence-corrected chi connectivity index (χ1v) is 8.27. The summed E-state index contributed by atoms with van der Waals surface area (Å²) < 4.78 is 21.1. The monoisotopic (exact) mass is 435 g/mol. The van der Waals surface area contributed by atoms with Crippen LogP contribution in [-0.2, 0) is 6.54 Å². The second kappa shape index (κ2) is 7.47. The summed E-state index contributed by atoms with van der Waals surface area (Å²) in [7, 11) is 0. The maximum absolute atomic E-state index is 13.7. The number of hydrogen-bond acceptors (Lipinski definition) is 2. The predicted molar refractivity (Wildman–Crippen MR) is 91.7 cm³/mol. The Kier molecular flexibility index (Phi) is 5.90. The average molecular weight is 438 g/mol. The molecule has 0 unspecified atom stereocenters. The smallest absolute Gasteiger partial charge is 0.146 e. The van der Waals surface area contributed by atoms with Gasteiger partial charge in [-0.3, -0.25) is 0 Å². The molecule has 0 heterocycles. The standard InChI is InChI=1S/C15H13Br2ClFNO/c1-2-21-15-9(5-10(16)6-12(15)17)8-20-14-7-11(18)3-4-13(14)19/h3-7,20H,2,8H2,1H3. The van der Waals surface area contributed by atoms with Crippen molar-refractivity contribution in [2.45, 2.75) is 13.5 Å². The third kappa shape index (κ3) is 4.34. The summed E-state index contributed by atoms with van der Waals surface area (Å²) in [6.07, 6.45) is 0. The molecular weight excluding hydrogens is 424 g/mol. The normalized spacial score (nSPS) is 10.5. The van der Waals surface area contributed by atoms with Crippen LogP contribution >= 0.6 is 43.5 Å². The molecule has 0 radical (unpaired) electrons. The van der Waals surface area contributed by atoms with Gasteiger partial charge in [-0.05, 0) is 53.2 Å². The van der Waals surface area contributed by atoms with E-state index in [2.05, 4.69) is 37.2 Å². The van der Waals surface area contributed by atoms with Crippen molar-refractivity contribution in [1.29, 1.82) is 0 Å². The quantitative estimate of drug-likeness (QED) is 0.618. The van der Waals surface area contributed by atoms with Crippen LogP contribution in [0.5, 0.6) is 5.75 Å². The lowest BCUT2D eigenvalue weighted by Crippen LogP contribution is -2.05. The van der Waals surface area contributed by atoms with Gasteiger partial charge in [-0.25, -0.2) is 4.39 Å². The van der Waals surface area contributed by atoms with Crippen molar-refractivity contribution >= 4 is 49.1 Å². The summed E-state index contributed by atoms with van der Waals surface area (Å²) in [6.45, 7) is 2.89. The zero-order valence-corrected chi connectivity index (χ0v) is 15.1. The summed E-state index contributed by atoms with van der Waals surface area (Å²) >= 11 is 12.8. The lowest BCUT2D eigenvalue weighted by atomic mass is 10.2. The first-order chi connectivity index (χ1) is 10.0. The maximum Gasteiger partial charge on any atom is 0.146 e. The first kappa shape index (κ1) is 16.6. The summed E-state index contributed by atoms with van der Waals surface area (Å²) in [6, 6.07) is 8.26. The van der Waals surface area contributed by atoms with Crippen LogP contribution in [0, 0.1) is 5.82 Å². The average Bonchev–Trinajstić information content (AvgIpc) is 2.43. The number of halogens is 4. The van der Waals surface area contributed by atoms with E-state index in [0.29, 0.717) is 23.9 Å². The summed E-state index contributed by atoms with van der Waals surface area (Å²) in [5.41, 5.74) is 1.28. The van der Waals surface area contributed by atoms with E-state index < -0.39 is 0 Å². The van der Waals surface area contributed by atoms with Crippen LogP contribution in [0.4, 0.5) is 10.1 Å². The van der Waals surface area contributed by atoms with Gasteiger partial charge >= 0.3 is 0 Å². The molecule has 0 spiro atoms. The van der Waals surface area contributed by atoms with E-state index in [1.54, 1.807) is 6.07 Å². The first-order valence-electron chi connectivity index (χ1n) is 6.31. The SMILES string of the molecule is CCOc1c(Br)cc(Br)cc1CNc1cc(Cl)ccc1F. The summed E-state index contributed by atoms with van der Waals surface area (Å²) in [4.78, 5) is 0. The minimum atomic E-state index is -0.341. The molecule has 2 rings (SSSR count). The fourth-order valence-electron chi connectivity index (χ4n) is 1.87. The van der Waals surface area contributed by atoms with Crippen molar-refractivity contribution in [3.8, 4) is 5.75 Å². The lowest BCUT2D eigenvalue weighted by Gasteiger charge is -2.14. The molecule has 0 saturated heterocycles. The Morgan fingerprint density at radius 2 is 2.00 bits per heavy atom. The number of rotatable bonds is 5.